The molecule has 1 heterocycles. The fraction of sp³-hybridized carbons (Fsp3) is 0.364. The molecular formula is C22H27N3O3. The van der Waals surface area contributed by atoms with Crippen LogP contribution in [0.3, 0.4) is 0 Å². The first-order valence-corrected chi connectivity index (χ1v) is 9.54. The Morgan fingerprint density at radius 1 is 1.18 bits per heavy atom. The van der Waals surface area contributed by atoms with Crippen LogP contribution in [0, 0.1) is 13.8 Å². The number of aryl methyl sites for hydroxylation is 2. The van der Waals surface area contributed by atoms with E-state index < -0.39 is 0 Å². The fourth-order valence-corrected chi connectivity index (χ4v) is 3.47. The molecule has 0 bridgehead atoms. The maximum absolute atomic E-state index is 12.2. The van der Waals surface area contributed by atoms with Gasteiger partial charge >= 0.3 is 0 Å². The van der Waals surface area contributed by atoms with E-state index in [1.165, 1.54) is 5.56 Å². The van der Waals surface area contributed by atoms with Crippen LogP contribution in [0.15, 0.2) is 42.5 Å². The zero-order valence-electron chi connectivity index (χ0n) is 16.4. The maximum Gasteiger partial charge on any atom is 0.262 e. The molecule has 2 aromatic carbocycles. The second-order valence-electron chi connectivity index (χ2n) is 7.31. The largest absolute Gasteiger partial charge is 0.484 e. The normalized spacial score (nSPS) is 16.7. The Morgan fingerprint density at radius 2 is 2.00 bits per heavy atom. The van der Waals surface area contributed by atoms with E-state index >= 15 is 0 Å². The minimum Gasteiger partial charge on any atom is -0.484 e. The standard InChI is InChI=1S/C22H27N3O3/c1-15-8-9-19(11-16(15)2)28-14-21(26)24-18-6-3-5-17(12-18)13-25-10-4-7-20(25)22(23)27/h3,5-6,8-9,11-12,20H,4,7,10,13-14H2,1-2H3,(H2,23,27)(H,24,26). The number of nitrogens with two attached hydrogens (primary N) is 1. The van der Waals surface area contributed by atoms with Gasteiger partial charge in [0, 0.05) is 12.2 Å². The van der Waals surface area contributed by atoms with Crippen molar-refractivity contribution in [1.29, 1.82) is 0 Å². The van der Waals surface area contributed by atoms with Crippen LogP contribution in [0.1, 0.15) is 29.5 Å². The van der Waals surface area contributed by atoms with Gasteiger partial charge in [0.1, 0.15) is 5.75 Å². The van der Waals surface area contributed by atoms with Gasteiger partial charge in [-0.1, -0.05) is 18.2 Å². The minimum atomic E-state index is -0.273. The van der Waals surface area contributed by atoms with Crippen molar-refractivity contribution in [3.05, 3.63) is 59.2 Å². The number of carbonyl (C=O) groups excluding carboxylic acids is 2. The number of anilines is 1. The molecule has 2 amide bonds. The number of benzene rings is 2. The number of nitrogens with one attached hydrogen (secondary N) is 1. The highest BCUT2D eigenvalue weighted by Crippen LogP contribution is 2.21. The fourth-order valence-electron chi connectivity index (χ4n) is 3.47. The SMILES string of the molecule is Cc1ccc(OCC(=O)Nc2cccc(CN3CCCC3C(N)=O)c2)cc1C. The Hall–Kier alpha value is -2.86. The van der Waals surface area contributed by atoms with E-state index in [0.29, 0.717) is 18.0 Å². The number of rotatable bonds is 7. The van der Waals surface area contributed by atoms with Crippen LogP contribution in [0.5, 0.6) is 5.75 Å². The lowest BCUT2D eigenvalue weighted by atomic mass is 10.1. The average molecular weight is 381 g/mol. The Balaban J connectivity index is 1.55. The molecule has 3 rings (SSSR count). The van der Waals surface area contributed by atoms with Crippen molar-refractivity contribution in [3.8, 4) is 5.75 Å². The van der Waals surface area contributed by atoms with Crippen molar-refractivity contribution < 1.29 is 14.3 Å². The van der Waals surface area contributed by atoms with Crippen molar-refractivity contribution in [2.45, 2.75) is 39.3 Å². The molecule has 0 aliphatic carbocycles. The van der Waals surface area contributed by atoms with Gasteiger partial charge in [-0.05, 0) is 74.2 Å². The number of primary amides is 1. The predicted molar refractivity (Wildman–Crippen MR) is 109 cm³/mol. The monoisotopic (exact) mass is 381 g/mol. The molecule has 148 valence electrons. The number of ether oxygens (including phenoxy) is 1. The summed E-state index contributed by atoms with van der Waals surface area (Å²) in [5, 5.41) is 2.86. The Kier molecular flexibility index (Phi) is 6.31. The van der Waals surface area contributed by atoms with Gasteiger partial charge in [-0.2, -0.15) is 0 Å². The molecule has 6 nitrogen and oxygen atoms in total. The highest BCUT2D eigenvalue weighted by Gasteiger charge is 2.28. The molecule has 0 spiro atoms. The van der Waals surface area contributed by atoms with Crippen molar-refractivity contribution in [2.75, 3.05) is 18.5 Å². The van der Waals surface area contributed by atoms with Crippen molar-refractivity contribution in [2.24, 2.45) is 5.73 Å². The summed E-state index contributed by atoms with van der Waals surface area (Å²) in [6.45, 7) is 5.48. The van der Waals surface area contributed by atoms with Crippen LogP contribution in [0.25, 0.3) is 0 Å². The summed E-state index contributed by atoms with van der Waals surface area (Å²) in [5.41, 5.74) is 9.53. The third kappa shape index (κ3) is 5.10. The Labute approximate surface area is 165 Å². The van der Waals surface area contributed by atoms with Crippen LogP contribution in [-0.2, 0) is 16.1 Å². The lowest BCUT2D eigenvalue weighted by molar-refractivity contribution is -0.122. The second-order valence-corrected chi connectivity index (χ2v) is 7.31. The van der Waals surface area contributed by atoms with Gasteiger partial charge in [0.05, 0.1) is 6.04 Å². The molecule has 1 atom stereocenters. The van der Waals surface area contributed by atoms with Crippen molar-refractivity contribution in [1.82, 2.24) is 4.90 Å². The average Bonchev–Trinajstić information content (AvgIpc) is 3.11. The van der Waals surface area contributed by atoms with Gasteiger partial charge in [0.2, 0.25) is 5.91 Å². The van der Waals surface area contributed by atoms with E-state index in [1.807, 2.05) is 56.3 Å². The molecule has 3 N–H and O–H groups in total. The summed E-state index contributed by atoms with van der Waals surface area (Å²) in [5.74, 6) is 0.190. The van der Waals surface area contributed by atoms with Crippen LogP contribution < -0.4 is 15.8 Å². The molecule has 2 aromatic rings. The van der Waals surface area contributed by atoms with Gasteiger partial charge < -0.3 is 15.8 Å². The summed E-state index contributed by atoms with van der Waals surface area (Å²) in [7, 11) is 0. The molecule has 1 aliphatic rings. The molecule has 28 heavy (non-hydrogen) atoms. The number of amides is 2. The van der Waals surface area contributed by atoms with E-state index in [9.17, 15) is 9.59 Å². The van der Waals surface area contributed by atoms with E-state index in [0.717, 1.165) is 30.5 Å². The number of nitrogens with zero attached hydrogens (tertiary/aromatic N) is 1. The van der Waals surface area contributed by atoms with Crippen molar-refractivity contribution >= 4 is 17.5 Å². The number of hydrogen-bond acceptors (Lipinski definition) is 4. The molecule has 0 saturated carbocycles. The molecule has 0 aromatic heterocycles. The summed E-state index contributed by atoms with van der Waals surface area (Å²) in [6.07, 6.45) is 1.78. The zero-order chi connectivity index (χ0) is 20.1. The summed E-state index contributed by atoms with van der Waals surface area (Å²) in [4.78, 5) is 25.9. The lowest BCUT2D eigenvalue weighted by Gasteiger charge is -2.22. The first kappa shape index (κ1) is 19.9. The molecule has 1 aliphatic heterocycles. The highest BCUT2D eigenvalue weighted by molar-refractivity contribution is 5.91. The van der Waals surface area contributed by atoms with Crippen LogP contribution >= 0.6 is 0 Å². The third-order valence-electron chi connectivity index (χ3n) is 5.14. The van der Waals surface area contributed by atoms with E-state index in [4.69, 9.17) is 10.5 Å². The molecular weight excluding hydrogens is 354 g/mol. The molecule has 0 radical (unpaired) electrons. The molecule has 1 unspecified atom stereocenters. The van der Waals surface area contributed by atoms with E-state index in [-0.39, 0.29) is 24.5 Å². The maximum atomic E-state index is 12.2. The van der Waals surface area contributed by atoms with Crippen LogP contribution in [0.4, 0.5) is 5.69 Å². The summed E-state index contributed by atoms with van der Waals surface area (Å²) in [6, 6.07) is 13.2. The topological polar surface area (TPSA) is 84.7 Å². The van der Waals surface area contributed by atoms with Gasteiger partial charge in [-0.3, -0.25) is 14.5 Å². The van der Waals surface area contributed by atoms with Crippen molar-refractivity contribution in [3.63, 3.8) is 0 Å². The highest BCUT2D eigenvalue weighted by atomic mass is 16.5. The second kappa shape index (κ2) is 8.89. The first-order chi connectivity index (χ1) is 13.4. The quantitative estimate of drug-likeness (QED) is 0.772. The lowest BCUT2D eigenvalue weighted by Crippen LogP contribution is -2.39. The predicted octanol–water partition coefficient (Wildman–Crippen LogP) is 2.77. The molecule has 1 saturated heterocycles. The van der Waals surface area contributed by atoms with Gasteiger partial charge in [0.15, 0.2) is 6.61 Å². The summed E-state index contributed by atoms with van der Waals surface area (Å²) >= 11 is 0. The molecule has 1 fully saturated rings. The van der Waals surface area contributed by atoms with E-state index in [1.54, 1.807) is 0 Å². The third-order valence-corrected chi connectivity index (χ3v) is 5.14. The molecule has 6 heteroatoms. The smallest absolute Gasteiger partial charge is 0.262 e. The Bertz CT molecular complexity index is 866. The van der Waals surface area contributed by atoms with E-state index in [2.05, 4.69) is 10.2 Å². The number of carbonyl (C=O) groups is 2. The van der Waals surface area contributed by atoms with Gasteiger partial charge in [-0.25, -0.2) is 0 Å². The number of hydrogen-bond donors (Lipinski definition) is 2. The van der Waals surface area contributed by atoms with Crippen LogP contribution in [-0.4, -0.2) is 35.9 Å². The number of likely N-dealkylation sites (tertiary alicyclic amines) is 1. The summed E-state index contributed by atoms with van der Waals surface area (Å²) < 4.78 is 5.58. The Morgan fingerprint density at radius 3 is 2.75 bits per heavy atom. The zero-order valence-corrected chi connectivity index (χ0v) is 16.4. The minimum absolute atomic E-state index is 0.0530. The van der Waals surface area contributed by atoms with Gasteiger partial charge in [0.25, 0.3) is 5.91 Å². The van der Waals surface area contributed by atoms with Crippen LogP contribution in [0.2, 0.25) is 0 Å². The first-order valence-electron chi connectivity index (χ1n) is 9.54. The van der Waals surface area contributed by atoms with Gasteiger partial charge in [-0.15, -0.1) is 0 Å².